The van der Waals surface area contributed by atoms with Gasteiger partial charge in [-0.2, -0.15) is 0 Å². The first-order chi connectivity index (χ1) is 13.1. The van der Waals surface area contributed by atoms with Crippen molar-refractivity contribution >= 4 is 12.0 Å². The summed E-state index contributed by atoms with van der Waals surface area (Å²) in [6, 6.07) is 13.7. The molecule has 2 N–H and O–H groups in total. The lowest BCUT2D eigenvalue weighted by Gasteiger charge is -2.28. The average Bonchev–Trinajstić information content (AvgIpc) is 2.65. The lowest BCUT2D eigenvalue weighted by Crippen LogP contribution is -2.45. The van der Waals surface area contributed by atoms with Gasteiger partial charge in [-0.15, -0.1) is 0 Å². The zero-order valence-corrected chi connectivity index (χ0v) is 14.7. The fourth-order valence-electron chi connectivity index (χ4n) is 2.80. The van der Waals surface area contributed by atoms with E-state index in [2.05, 4.69) is 10.6 Å². The summed E-state index contributed by atoms with van der Waals surface area (Å²) in [5.74, 6) is -0.500. The van der Waals surface area contributed by atoms with Crippen LogP contribution in [0.5, 0.6) is 5.75 Å². The number of urea groups is 1. The van der Waals surface area contributed by atoms with E-state index in [-0.39, 0.29) is 24.4 Å². The van der Waals surface area contributed by atoms with Gasteiger partial charge in [0.05, 0.1) is 11.6 Å². The monoisotopic (exact) mass is 370 g/mol. The molecule has 2 aromatic carbocycles. The Morgan fingerprint density at radius 2 is 1.78 bits per heavy atom. The molecule has 0 aliphatic carbocycles. The number of carbonyl (C=O) groups excluding carboxylic acids is 2. The van der Waals surface area contributed by atoms with Crippen LogP contribution < -0.4 is 15.4 Å². The maximum absolute atomic E-state index is 14.2. The van der Waals surface area contributed by atoms with Crippen LogP contribution in [0.2, 0.25) is 0 Å². The standard InChI is InChI=1S/C20H19FN2O4/c1-13-17(19(24)27-12-11-26-14-7-3-2-4-8-14)18(23-20(25)22-13)15-9-5-6-10-16(15)21/h2-10,18H,11-12H2,1H3,(H2,22,23,25). The van der Waals surface area contributed by atoms with Crippen LogP contribution in [0.4, 0.5) is 9.18 Å². The Bertz CT molecular complexity index is 867. The van der Waals surface area contributed by atoms with Gasteiger partial charge in [0.15, 0.2) is 0 Å². The van der Waals surface area contributed by atoms with E-state index >= 15 is 0 Å². The van der Waals surface area contributed by atoms with Crippen molar-refractivity contribution < 1.29 is 23.5 Å². The van der Waals surface area contributed by atoms with Crippen molar-refractivity contribution in [3.05, 3.63) is 77.2 Å². The minimum Gasteiger partial charge on any atom is -0.490 e. The molecule has 1 unspecified atom stereocenters. The summed E-state index contributed by atoms with van der Waals surface area (Å²) in [5.41, 5.74) is 0.666. The number of ether oxygens (including phenoxy) is 2. The van der Waals surface area contributed by atoms with Gasteiger partial charge in [-0.05, 0) is 25.1 Å². The summed E-state index contributed by atoms with van der Waals surface area (Å²) >= 11 is 0. The van der Waals surface area contributed by atoms with E-state index in [9.17, 15) is 14.0 Å². The van der Waals surface area contributed by atoms with Crippen molar-refractivity contribution in [3.8, 4) is 5.75 Å². The number of halogens is 1. The second-order valence-electron chi connectivity index (χ2n) is 5.89. The molecule has 0 fully saturated rings. The third kappa shape index (κ3) is 4.44. The first kappa shape index (κ1) is 18.4. The fourth-order valence-corrected chi connectivity index (χ4v) is 2.80. The van der Waals surface area contributed by atoms with Gasteiger partial charge >= 0.3 is 12.0 Å². The summed E-state index contributed by atoms with van der Waals surface area (Å²) in [4.78, 5) is 24.4. The molecule has 0 saturated heterocycles. The van der Waals surface area contributed by atoms with Crippen LogP contribution in [0.25, 0.3) is 0 Å². The number of allylic oxidation sites excluding steroid dienone is 1. The third-order valence-electron chi connectivity index (χ3n) is 4.03. The van der Waals surface area contributed by atoms with E-state index in [4.69, 9.17) is 9.47 Å². The molecule has 2 amide bonds. The molecule has 3 rings (SSSR count). The summed E-state index contributed by atoms with van der Waals surface area (Å²) in [6.07, 6.45) is 0. The highest BCUT2D eigenvalue weighted by atomic mass is 19.1. The van der Waals surface area contributed by atoms with Crippen molar-refractivity contribution in [2.75, 3.05) is 13.2 Å². The maximum atomic E-state index is 14.2. The molecular formula is C20H19FN2O4. The molecular weight excluding hydrogens is 351 g/mol. The van der Waals surface area contributed by atoms with E-state index in [1.54, 1.807) is 25.1 Å². The lowest BCUT2D eigenvalue weighted by atomic mass is 9.95. The van der Waals surface area contributed by atoms with E-state index < -0.39 is 23.9 Å². The molecule has 1 aliphatic rings. The molecule has 2 aromatic rings. The van der Waals surface area contributed by atoms with Gasteiger partial charge in [-0.1, -0.05) is 36.4 Å². The zero-order valence-electron chi connectivity index (χ0n) is 14.7. The molecule has 0 bridgehead atoms. The van der Waals surface area contributed by atoms with Crippen LogP contribution in [0.3, 0.4) is 0 Å². The van der Waals surface area contributed by atoms with Crippen LogP contribution in [0, 0.1) is 5.82 Å². The van der Waals surface area contributed by atoms with Gasteiger partial charge in [-0.25, -0.2) is 14.0 Å². The summed E-state index contributed by atoms with van der Waals surface area (Å²) < 4.78 is 24.9. The highest BCUT2D eigenvalue weighted by Crippen LogP contribution is 2.29. The van der Waals surface area contributed by atoms with Gasteiger partial charge < -0.3 is 20.1 Å². The largest absolute Gasteiger partial charge is 0.490 e. The van der Waals surface area contributed by atoms with Gasteiger partial charge in [0.2, 0.25) is 0 Å². The molecule has 0 aromatic heterocycles. The van der Waals surface area contributed by atoms with Crippen LogP contribution >= 0.6 is 0 Å². The average molecular weight is 370 g/mol. The van der Waals surface area contributed by atoms with Crippen LogP contribution in [-0.4, -0.2) is 25.2 Å². The Kier molecular flexibility index (Phi) is 5.71. The molecule has 1 aliphatic heterocycles. The molecule has 0 radical (unpaired) electrons. The smallest absolute Gasteiger partial charge is 0.338 e. The second kappa shape index (κ2) is 8.35. The molecule has 1 heterocycles. The van der Waals surface area contributed by atoms with Crippen molar-refractivity contribution in [3.63, 3.8) is 0 Å². The minimum absolute atomic E-state index is 0.0163. The first-order valence-corrected chi connectivity index (χ1v) is 8.44. The van der Waals surface area contributed by atoms with Gasteiger partial charge in [0.25, 0.3) is 0 Å². The first-order valence-electron chi connectivity index (χ1n) is 8.44. The number of rotatable bonds is 6. The Labute approximate surface area is 156 Å². The number of hydrogen-bond donors (Lipinski definition) is 2. The zero-order chi connectivity index (χ0) is 19.2. The highest BCUT2D eigenvalue weighted by Gasteiger charge is 2.33. The minimum atomic E-state index is -0.928. The van der Waals surface area contributed by atoms with Crippen molar-refractivity contribution in [2.45, 2.75) is 13.0 Å². The van der Waals surface area contributed by atoms with Crippen LogP contribution in [0.15, 0.2) is 65.9 Å². The Morgan fingerprint density at radius 3 is 2.52 bits per heavy atom. The van der Waals surface area contributed by atoms with Crippen LogP contribution in [-0.2, 0) is 9.53 Å². The van der Waals surface area contributed by atoms with Crippen molar-refractivity contribution in [2.24, 2.45) is 0 Å². The number of carbonyl (C=O) groups is 2. The lowest BCUT2D eigenvalue weighted by molar-refractivity contribution is -0.140. The Morgan fingerprint density at radius 1 is 1.07 bits per heavy atom. The number of para-hydroxylation sites is 1. The molecule has 7 heteroatoms. The predicted octanol–water partition coefficient (Wildman–Crippen LogP) is 3.08. The van der Waals surface area contributed by atoms with Gasteiger partial charge in [-0.3, -0.25) is 0 Å². The molecule has 6 nitrogen and oxygen atoms in total. The van der Waals surface area contributed by atoms with Gasteiger partial charge in [0, 0.05) is 11.3 Å². The fraction of sp³-hybridized carbons (Fsp3) is 0.200. The van der Waals surface area contributed by atoms with E-state index in [1.807, 2.05) is 18.2 Å². The van der Waals surface area contributed by atoms with E-state index in [0.717, 1.165) is 0 Å². The third-order valence-corrected chi connectivity index (χ3v) is 4.03. The predicted molar refractivity (Wildman–Crippen MR) is 96.4 cm³/mol. The highest BCUT2D eigenvalue weighted by molar-refractivity contribution is 5.95. The Hall–Kier alpha value is -3.35. The topological polar surface area (TPSA) is 76.7 Å². The van der Waals surface area contributed by atoms with Crippen molar-refractivity contribution in [1.29, 1.82) is 0 Å². The number of benzene rings is 2. The second-order valence-corrected chi connectivity index (χ2v) is 5.89. The number of amides is 2. The summed E-state index contributed by atoms with van der Waals surface area (Å²) in [6.45, 7) is 1.76. The molecule has 0 spiro atoms. The van der Waals surface area contributed by atoms with E-state index in [1.165, 1.54) is 18.2 Å². The van der Waals surface area contributed by atoms with Crippen LogP contribution in [0.1, 0.15) is 18.5 Å². The quantitative estimate of drug-likeness (QED) is 0.605. The molecule has 140 valence electrons. The SMILES string of the molecule is CC1=C(C(=O)OCCOc2ccccc2)C(c2ccccc2F)NC(=O)N1. The molecule has 1 atom stereocenters. The Balaban J connectivity index is 1.69. The normalized spacial score (nSPS) is 16.4. The number of nitrogens with one attached hydrogen (secondary N) is 2. The molecule has 0 saturated carbocycles. The molecule has 27 heavy (non-hydrogen) atoms. The number of esters is 1. The van der Waals surface area contributed by atoms with E-state index in [0.29, 0.717) is 11.4 Å². The maximum Gasteiger partial charge on any atom is 0.338 e. The number of hydrogen-bond acceptors (Lipinski definition) is 4. The summed E-state index contributed by atoms with van der Waals surface area (Å²) in [5, 5.41) is 5.09. The summed E-state index contributed by atoms with van der Waals surface area (Å²) in [7, 11) is 0. The van der Waals surface area contributed by atoms with Gasteiger partial charge in [0.1, 0.15) is 24.8 Å². The van der Waals surface area contributed by atoms with Crippen molar-refractivity contribution in [1.82, 2.24) is 10.6 Å².